The number of aromatic carboxylic acids is 1. The van der Waals surface area contributed by atoms with Crippen LogP contribution >= 0.6 is 11.5 Å². The summed E-state index contributed by atoms with van der Waals surface area (Å²) in [7, 11) is 0. The SMILES string of the molecule is O=C(O)c1cc(CO)ns1. The molecule has 0 unspecified atom stereocenters. The predicted molar refractivity (Wildman–Crippen MR) is 35.0 cm³/mol. The van der Waals surface area contributed by atoms with Crippen LogP contribution < -0.4 is 0 Å². The summed E-state index contributed by atoms with van der Waals surface area (Å²) < 4.78 is 3.67. The average Bonchev–Trinajstić information content (AvgIpc) is 2.34. The van der Waals surface area contributed by atoms with Gasteiger partial charge in [0.25, 0.3) is 0 Å². The number of carbonyl (C=O) groups is 1. The summed E-state index contributed by atoms with van der Waals surface area (Å²) in [6.45, 7) is -0.205. The van der Waals surface area contributed by atoms with E-state index in [1.54, 1.807) is 0 Å². The van der Waals surface area contributed by atoms with Crippen molar-refractivity contribution < 1.29 is 15.0 Å². The molecule has 0 radical (unpaired) electrons. The zero-order valence-corrected chi connectivity index (χ0v) is 5.76. The highest BCUT2D eigenvalue weighted by atomic mass is 32.1. The summed E-state index contributed by atoms with van der Waals surface area (Å²) in [5.41, 5.74) is 0.405. The largest absolute Gasteiger partial charge is 0.477 e. The minimum absolute atomic E-state index is 0.157. The van der Waals surface area contributed by atoms with E-state index in [-0.39, 0.29) is 11.5 Å². The third-order valence-corrected chi connectivity index (χ3v) is 1.75. The summed E-state index contributed by atoms with van der Waals surface area (Å²) in [6.07, 6.45) is 0. The molecule has 1 heterocycles. The Morgan fingerprint density at radius 3 is 2.80 bits per heavy atom. The van der Waals surface area contributed by atoms with Crippen LogP contribution in [0.25, 0.3) is 0 Å². The molecule has 1 rings (SSSR count). The van der Waals surface area contributed by atoms with Gasteiger partial charge in [-0.25, -0.2) is 4.79 Å². The van der Waals surface area contributed by atoms with Gasteiger partial charge in [0, 0.05) is 0 Å². The standard InChI is InChI=1S/C5H5NO3S/c7-2-3-1-4(5(8)9)10-6-3/h1,7H,2H2,(H,8,9). The number of aliphatic hydroxyl groups is 1. The van der Waals surface area contributed by atoms with E-state index in [1.807, 2.05) is 0 Å². The van der Waals surface area contributed by atoms with Crippen LogP contribution in [0, 0.1) is 0 Å². The van der Waals surface area contributed by atoms with Gasteiger partial charge in [-0.3, -0.25) is 0 Å². The first-order valence-electron chi connectivity index (χ1n) is 2.54. The zero-order valence-electron chi connectivity index (χ0n) is 4.94. The van der Waals surface area contributed by atoms with E-state index < -0.39 is 5.97 Å². The number of aliphatic hydroxyl groups excluding tert-OH is 1. The molecule has 54 valence electrons. The highest BCUT2D eigenvalue weighted by molar-refractivity contribution is 7.08. The zero-order chi connectivity index (χ0) is 7.56. The number of nitrogens with zero attached hydrogens (tertiary/aromatic N) is 1. The second kappa shape index (κ2) is 2.76. The summed E-state index contributed by atoms with van der Waals surface area (Å²) in [5.74, 6) is -1.00. The molecule has 0 fully saturated rings. The van der Waals surface area contributed by atoms with E-state index in [0.717, 1.165) is 11.5 Å². The lowest BCUT2D eigenvalue weighted by Crippen LogP contribution is -1.90. The van der Waals surface area contributed by atoms with E-state index in [2.05, 4.69) is 4.37 Å². The maximum Gasteiger partial charge on any atom is 0.347 e. The van der Waals surface area contributed by atoms with Crippen LogP contribution in [0.4, 0.5) is 0 Å². The van der Waals surface area contributed by atoms with Crippen molar-refractivity contribution in [3.05, 3.63) is 16.6 Å². The molecule has 0 saturated heterocycles. The van der Waals surface area contributed by atoms with Crippen molar-refractivity contribution >= 4 is 17.5 Å². The molecule has 10 heavy (non-hydrogen) atoms. The molecule has 5 heteroatoms. The summed E-state index contributed by atoms with van der Waals surface area (Å²) in [4.78, 5) is 10.4. The van der Waals surface area contributed by atoms with Gasteiger partial charge in [0.15, 0.2) is 0 Å². The minimum Gasteiger partial charge on any atom is -0.477 e. The molecule has 4 nitrogen and oxygen atoms in total. The van der Waals surface area contributed by atoms with Crippen molar-refractivity contribution in [3.8, 4) is 0 Å². The van der Waals surface area contributed by atoms with E-state index in [1.165, 1.54) is 6.07 Å². The second-order valence-electron chi connectivity index (χ2n) is 1.65. The Bertz CT molecular complexity index is 245. The third kappa shape index (κ3) is 1.31. The number of carboxylic acids is 1. The summed E-state index contributed by atoms with van der Waals surface area (Å²) >= 11 is 0.873. The van der Waals surface area contributed by atoms with Crippen molar-refractivity contribution in [2.24, 2.45) is 0 Å². The van der Waals surface area contributed by atoms with Crippen LogP contribution in [0.15, 0.2) is 6.07 Å². The highest BCUT2D eigenvalue weighted by Gasteiger charge is 2.06. The number of hydrogen-bond acceptors (Lipinski definition) is 4. The van der Waals surface area contributed by atoms with E-state index in [9.17, 15) is 4.79 Å². The van der Waals surface area contributed by atoms with Gasteiger partial charge in [0.05, 0.1) is 12.3 Å². The third-order valence-electron chi connectivity index (χ3n) is 0.932. The molecule has 0 aromatic carbocycles. The first-order chi connectivity index (χ1) is 4.74. The fourth-order valence-corrected chi connectivity index (χ4v) is 1.08. The normalized spacial score (nSPS) is 9.70. The Kier molecular flexibility index (Phi) is 1.98. The van der Waals surface area contributed by atoms with Crippen molar-refractivity contribution in [3.63, 3.8) is 0 Å². The number of aromatic nitrogens is 1. The minimum atomic E-state index is -1.00. The molecule has 1 aromatic rings. The monoisotopic (exact) mass is 159 g/mol. The van der Waals surface area contributed by atoms with Crippen LogP contribution in [-0.2, 0) is 6.61 Å². The van der Waals surface area contributed by atoms with Crippen LogP contribution in [0.3, 0.4) is 0 Å². The van der Waals surface area contributed by atoms with Gasteiger partial charge in [0.2, 0.25) is 0 Å². The fraction of sp³-hybridized carbons (Fsp3) is 0.200. The summed E-state index contributed by atoms with van der Waals surface area (Å²) in [5, 5.41) is 16.9. The van der Waals surface area contributed by atoms with Gasteiger partial charge in [-0.05, 0) is 17.6 Å². The van der Waals surface area contributed by atoms with E-state index in [0.29, 0.717) is 5.69 Å². The molecule has 0 spiro atoms. The molecule has 0 bridgehead atoms. The molecule has 0 amide bonds. The Morgan fingerprint density at radius 1 is 1.80 bits per heavy atom. The van der Waals surface area contributed by atoms with Gasteiger partial charge in [-0.2, -0.15) is 4.37 Å². The lowest BCUT2D eigenvalue weighted by atomic mass is 10.4. The molecule has 0 aliphatic carbocycles. The molecule has 0 saturated carbocycles. The van der Waals surface area contributed by atoms with Crippen molar-refractivity contribution in [2.75, 3.05) is 0 Å². The predicted octanol–water partition coefficient (Wildman–Crippen LogP) is 0.334. The first kappa shape index (κ1) is 7.17. The van der Waals surface area contributed by atoms with Gasteiger partial charge in [-0.15, -0.1) is 0 Å². The molecule has 0 aliphatic rings. The average molecular weight is 159 g/mol. The number of carboxylic acid groups (broad SMARTS) is 1. The van der Waals surface area contributed by atoms with Crippen molar-refractivity contribution in [1.29, 1.82) is 0 Å². The molecule has 0 atom stereocenters. The lowest BCUT2D eigenvalue weighted by Gasteiger charge is -1.80. The second-order valence-corrected chi connectivity index (χ2v) is 2.45. The first-order valence-corrected chi connectivity index (χ1v) is 3.31. The van der Waals surface area contributed by atoms with Crippen molar-refractivity contribution in [2.45, 2.75) is 6.61 Å². The number of hydrogen-bond donors (Lipinski definition) is 2. The molecule has 1 aromatic heterocycles. The molecular formula is C5H5NO3S. The Hall–Kier alpha value is -0.940. The number of rotatable bonds is 2. The quantitative estimate of drug-likeness (QED) is 0.652. The van der Waals surface area contributed by atoms with Crippen molar-refractivity contribution in [1.82, 2.24) is 4.37 Å². The Labute approximate surface area is 60.9 Å². The maximum absolute atomic E-state index is 10.2. The van der Waals surface area contributed by atoms with Crippen LogP contribution in [0.1, 0.15) is 15.4 Å². The topological polar surface area (TPSA) is 70.4 Å². The van der Waals surface area contributed by atoms with Crippen LogP contribution in [0.5, 0.6) is 0 Å². The molecule has 2 N–H and O–H groups in total. The smallest absolute Gasteiger partial charge is 0.347 e. The summed E-state index contributed by atoms with van der Waals surface area (Å²) in [6, 6.07) is 1.35. The van der Waals surface area contributed by atoms with Crippen LogP contribution in [0.2, 0.25) is 0 Å². The van der Waals surface area contributed by atoms with E-state index in [4.69, 9.17) is 10.2 Å². The van der Waals surface area contributed by atoms with Crippen LogP contribution in [-0.4, -0.2) is 20.6 Å². The fourth-order valence-electron chi connectivity index (χ4n) is 0.487. The van der Waals surface area contributed by atoms with Gasteiger partial charge >= 0.3 is 5.97 Å². The molecular weight excluding hydrogens is 154 g/mol. The molecule has 0 aliphatic heterocycles. The Morgan fingerprint density at radius 2 is 2.50 bits per heavy atom. The van der Waals surface area contributed by atoms with Gasteiger partial charge in [-0.1, -0.05) is 0 Å². The maximum atomic E-state index is 10.2. The van der Waals surface area contributed by atoms with E-state index >= 15 is 0 Å². The highest BCUT2D eigenvalue weighted by Crippen LogP contribution is 2.08. The van der Waals surface area contributed by atoms with Gasteiger partial charge < -0.3 is 10.2 Å². The Balaban J connectivity index is 2.88. The van der Waals surface area contributed by atoms with Gasteiger partial charge in [0.1, 0.15) is 4.88 Å². The lowest BCUT2D eigenvalue weighted by molar-refractivity contribution is 0.0702.